The summed E-state index contributed by atoms with van der Waals surface area (Å²) < 4.78 is 16.5. The minimum Gasteiger partial charge on any atom is -0.462 e. The van der Waals surface area contributed by atoms with Crippen LogP contribution in [-0.2, 0) is 28.6 Å². The Morgan fingerprint density at radius 3 is 0.965 bits per heavy atom. The smallest absolute Gasteiger partial charge is 0.306 e. The second-order valence-electron chi connectivity index (χ2n) is 16.7. The molecule has 0 saturated heterocycles. The molecule has 0 aromatic carbocycles. The van der Waals surface area contributed by atoms with E-state index in [0.29, 0.717) is 19.3 Å². The molecule has 0 bridgehead atoms. The summed E-state index contributed by atoms with van der Waals surface area (Å²) in [5.74, 6) is -0.882. The topological polar surface area (TPSA) is 78.9 Å². The van der Waals surface area contributed by atoms with Crippen molar-refractivity contribution < 1.29 is 28.6 Å². The number of ether oxygens (including phenoxy) is 3. The maximum atomic E-state index is 12.5. The first-order valence-electron chi connectivity index (χ1n) is 24.8. The molecular weight excluding hydrogens is 709 g/mol. The van der Waals surface area contributed by atoms with E-state index in [0.717, 1.165) is 64.2 Å². The summed E-state index contributed by atoms with van der Waals surface area (Å²) in [5.41, 5.74) is 0. The first kappa shape index (κ1) is 54.9. The van der Waals surface area contributed by atoms with Gasteiger partial charge in [-0.15, -0.1) is 0 Å². The number of allylic oxidation sites excluding steroid dienone is 4. The summed E-state index contributed by atoms with van der Waals surface area (Å²) in [6.45, 7) is 6.52. The van der Waals surface area contributed by atoms with E-state index in [1.165, 1.54) is 161 Å². The zero-order chi connectivity index (χ0) is 41.5. The zero-order valence-electron chi connectivity index (χ0n) is 38.1. The molecule has 0 aliphatic carbocycles. The van der Waals surface area contributed by atoms with Crippen molar-refractivity contribution in [2.75, 3.05) is 13.2 Å². The van der Waals surface area contributed by atoms with Gasteiger partial charge in [-0.2, -0.15) is 0 Å². The number of carbonyl (C=O) groups is 3. The van der Waals surface area contributed by atoms with Crippen LogP contribution in [0.5, 0.6) is 0 Å². The number of unbranched alkanes of at least 4 members (excludes halogenated alkanes) is 30. The van der Waals surface area contributed by atoms with Crippen LogP contribution in [0.25, 0.3) is 0 Å². The molecule has 6 nitrogen and oxygen atoms in total. The fraction of sp³-hybridized carbons (Fsp3) is 0.863. The van der Waals surface area contributed by atoms with Crippen molar-refractivity contribution >= 4 is 17.9 Å². The third-order valence-electron chi connectivity index (χ3n) is 11.0. The van der Waals surface area contributed by atoms with Gasteiger partial charge in [-0.25, -0.2) is 0 Å². The third-order valence-corrected chi connectivity index (χ3v) is 11.0. The molecule has 0 amide bonds. The summed E-state index contributed by atoms with van der Waals surface area (Å²) in [6, 6.07) is 0. The fourth-order valence-electron chi connectivity index (χ4n) is 7.18. The van der Waals surface area contributed by atoms with Crippen LogP contribution in [0, 0.1) is 0 Å². The van der Waals surface area contributed by atoms with Crippen LogP contribution in [0.15, 0.2) is 24.3 Å². The van der Waals surface area contributed by atoms with Crippen molar-refractivity contribution in [3.63, 3.8) is 0 Å². The molecule has 0 saturated carbocycles. The Labute approximate surface area is 353 Å². The lowest BCUT2D eigenvalue weighted by molar-refractivity contribution is -0.167. The van der Waals surface area contributed by atoms with E-state index in [1.807, 2.05) is 0 Å². The number of hydrogen-bond donors (Lipinski definition) is 0. The monoisotopic (exact) mass is 803 g/mol. The average Bonchev–Trinajstić information content (AvgIpc) is 3.21. The highest BCUT2D eigenvalue weighted by Gasteiger charge is 2.19. The number of carbonyl (C=O) groups excluding carboxylic acids is 3. The highest BCUT2D eigenvalue weighted by atomic mass is 16.6. The lowest BCUT2D eigenvalue weighted by Crippen LogP contribution is -2.30. The Balaban J connectivity index is 3.88. The molecule has 0 spiro atoms. The third kappa shape index (κ3) is 44.8. The molecule has 0 aliphatic heterocycles. The molecular formula is C51H94O6. The minimum atomic E-state index is -0.759. The SMILES string of the molecule is CCCCCCC/C=C\C/C=C\CCCCCCCCCCCCCCCCCC(=O)OCC(COC(=O)CCCCCCCC)OC(=O)CCCCCCCC. The molecule has 6 heteroatoms. The van der Waals surface area contributed by atoms with Crippen LogP contribution >= 0.6 is 0 Å². The first-order valence-corrected chi connectivity index (χ1v) is 24.8. The second-order valence-corrected chi connectivity index (χ2v) is 16.7. The first-order chi connectivity index (χ1) is 28.0. The van der Waals surface area contributed by atoms with Crippen molar-refractivity contribution in [3.05, 3.63) is 24.3 Å². The highest BCUT2D eigenvalue weighted by molar-refractivity contribution is 5.71. The molecule has 0 N–H and O–H groups in total. The summed E-state index contributed by atoms with van der Waals surface area (Å²) in [6.07, 6.45) is 52.3. The lowest BCUT2D eigenvalue weighted by atomic mass is 10.0. The van der Waals surface area contributed by atoms with E-state index < -0.39 is 6.10 Å². The molecule has 1 unspecified atom stereocenters. The summed E-state index contributed by atoms with van der Waals surface area (Å²) in [4.78, 5) is 37.3. The maximum Gasteiger partial charge on any atom is 0.306 e. The van der Waals surface area contributed by atoms with Gasteiger partial charge in [0.25, 0.3) is 0 Å². The van der Waals surface area contributed by atoms with E-state index in [2.05, 4.69) is 45.1 Å². The van der Waals surface area contributed by atoms with E-state index in [-0.39, 0.29) is 31.1 Å². The van der Waals surface area contributed by atoms with Crippen LogP contribution in [0.2, 0.25) is 0 Å². The van der Waals surface area contributed by atoms with Gasteiger partial charge >= 0.3 is 17.9 Å². The van der Waals surface area contributed by atoms with E-state index in [1.54, 1.807) is 0 Å². The minimum absolute atomic E-state index is 0.0684. The molecule has 0 radical (unpaired) electrons. The summed E-state index contributed by atoms with van der Waals surface area (Å²) in [7, 11) is 0. The lowest BCUT2D eigenvalue weighted by Gasteiger charge is -2.18. The molecule has 0 heterocycles. The van der Waals surface area contributed by atoms with Gasteiger partial charge in [-0.3, -0.25) is 14.4 Å². The van der Waals surface area contributed by atoms with Gasteiger partial charge < -0.3 is 14.2 Å². The molecule has 0 aromatic rings. The van der Waals surface area contributed by atoms with Gasteiger partial charge in [-0.1, -0.05) is 218 Å². The molecule has 334 valence electrons. The molecule has 0 aromatic heterocycles. The Morgan fingerprint density at radius 1 is 0.351 bits per heavy atom. The number of hydrogen-bond acceptors (Lipinski definition) is 6. The Kier molecular flexibility index (Phi) is 44.9. The average molecular weight is 803 g/mol. The fourth-order valence-corrected chi connectivity index (χ4v) is 7.18. The molecule has 0 aliphatic rings. The van der Waals surface area contributed by atoms with Crippen molar-refractivity contribution in [2.45, 2.75) is 271 Å². The van der Waals surface area contributed by atoms with Crippen LogP contribution < -0.4 is 0 Å². The Morgan fingerprint density at radius 2 is 0.632 bits per heavy atom. The predicted octanol–water partition coefficient (Wildman–Crippen LogP) is 16.0. The molecule has 0 fully saturated rings. The Hall–Kier alpha value is -2.11. The zero-order valence-corrected chi connectivity index (χ0v) is 38.1. The molecule has 57 heavy (non-hydrogen) atoms. The van der Waals surface area contributed by atoms with E-state index in [4.69, 9.17) is 14.2 Å². The van der Waals surface area contributed by atoms with Gasteiger partial charge in [0.15, 0.2) is 6.10 Å². The van der Waals surface area contributed by atoms with Gasteiger partial charge in [0.2, 0.25) is 0 Å². The highest BCUT2D eigenvalue weighted by Crippen LogP contribution is 2.15. The predicted molar refractivity (Wildman–Crippen MR) is 243 cm³/mol. The quantitative estimate of drug-likeness (QED) is 0.0264. The van der Waals surface area contributed by atoms with E-state index >= 15 is 0 Å². The number of rotatable bonds is 45. The van der Waals surface area contributed by atoms with Gasteiger partial charge in [0.05, 0.1) is 0 Å². The van der Waals surface area contributed by atoms with Gasteiger partial charge in [0, 0.05) is 19.3 Å². The summed E-state index contributed by atoms with van der Waals surface area (Å²) >= 11 is 0. The van der Waals surface area contributed by atoms with E-state index in [9.17, 15) is 14.4 Å². The van der Waals surface area contributed by atoms with Crippen LogP contribution in [0.1, 0.15) is 265 Å². The van der Waals surface area contributed by atoms with Crippen molar-refractivity contribution in [1.82, 2.24) is 0 Å². The van der Waals surface area contributed by atoms with Gasteiger partial charge in [-0.05, 0) is 51.4 Å². The number of esters is 3. The standard InChI is InChI=1S/C51H94O6/c1-4-7-10-13-16-17-18-19-20-21-22-23-24-25-26-27-28-29-30-31-32-33-34-35-36-39-41-44-50(53)56-47-48(57-51(54)45-42-38-15-12-9-6-3)46-55-49(52)43-40-37-14-11-8-5-2/h18-19,21-22,48H,4-17,20,23-47H2,1-3H3/b19-18-,22-21-. The molecule has 1 atom stereocenters. The largest absolute Gasteiger partial charge is 0.462 e. The van der Waals surface area contributed by atoms with Crippen LogP contribution in [0.3, 0.4) is 0 Å². The van der Waals surface area contributed by atoms with Crippen LogP contribution in [-0.4, -0.2) is 37.2 Å². The van der Waals surface area contributed by atoms with Gasteiger partial charge in [0.1, 0.15) is 13.2 Å². The maximum absolute atomic E-state index is 12.5. The Bertz CT molecular complexity index is 927. The van der Waals surface area contributed by atoms with Crippen molar-refractivity contribution in [3.8, 4) is 0 Å². The summed E-state index contributed by atoms with van der Waals surface area (Å²) in [5, 5.41) is 0. The molecule has 0 rings (SSSR count). The normalized spacial score (nSPS) is 12.1. The second kappa shape index (κ2) is 46.6. The van der Waals surface area contributed by atoms with Crippen molar-refractivity contribution in [2.24, 2.45) is 0 Å². The van der Waals surface area contributed by atoms with Crippen molar-refractivity contribution in [1.29, 1.82) is 0 Å². The van der Waals surface area contributed by atoms with Crippen LogP contribution in [0.4, 0.5) is 0 Å².